The van der Waals surface area contributed by atoms with E-state index in [4.69, 9.17) is 0 Å². The van der Waals surface area contributed by atoms with Gasteiger partial charge in [0.1, 0.15) is 11.6 Å². The summed E-state index contributed by atoms with van der Waals surface area (Å²) in [5.41, 5.74) is 3.14. The van der Waals surface area contributed by atoms with Crippen molar-refractivity contribution < 1.29 is 13.6 Å². The smallest absolute Gasteiger partial charge is 0.274 e. The lowest BCUT2D eigenvalue weighted by Crippen LogP contribution is -2.36. The minimum atomic E-state index is -0.570. The highest BCUT2D eigenvalue weighted by Gasteiger charge is 2.31. The third-order valence-corrected chi connectivity index (χ3v) is 5.65. The van der Waals surface area contributed by atoms with E-state index in [0.717, 1.165) is 56.1 Å². The van der Waals surface area contributed by atoms with Gasteiger partial charge in [-0.3, -0.25) is 9.48 Å². The van der Waals surface area contributed by atoms with Crippen LogP contribution >= 0.6 is 0 Å². The zero-order valence-electron chi connectivity index (χ0n) is 15.5. The monoisotopic (exact) mass is 374 g/mol. The average Bonchev–Trinajstić information content (AvgIpc) is 3.29. The quantitative estimate of drug-likeness (QED) is 0.895. The van der Waals surface area contributed by atoms with Gasteiger partial charge in [-0.2, -0.15) is 5.10 Å². The molecule has 1 aromatic carbocycles. The van der Waals surface area contributed by atoms with E-state index in [1.54, 1.807) is 0 Å². The van der Waals surface area contributed by atoms with Gasteiger partial charge in [0.05, 0.1) is 0 Å². The van der Waals surface area contributed by atoms with Crippen LogP contribution in [0.25, 0.3) is 0 Å². The highest BCUT2D eigenvalue weighted by Crippen LogP contribution is 2.26. The summed E-state index contributed by atoms with van der Waals surface area (Å²) in [6.07, 6.45) is 4.52. The van der Waals surface area contributed by atoms with Gasteiger partial charge in [-0.1, -0.05) is 6.07 Å². The lowest BCUT2D eigenvalue weighted by molar-refractivity contribution is 0.0785. The number of benzene rings is 1. The minimum absolute atomic E-state index is 0.0228. The molecule has 1 aliphatic heterocycles. The van der Waals surface area contributed by atoms with Crippen LogP contribution in [0.4, 0.5) is 8.78 Å². The molecule has 7 heteroatoms. The summed E-state index contributed by atoms with van der Waals surface area (Å²) >= 11 is 0. The molecule has 5 nitrogen and oxygen atoms in total. The van der Waals surface area contributed by atoms with Crippen LogP contribution in [-0.4, -0.2) is 39.7 Å². The van der Waals surface area contributed by atoms with E-state index in [2.05, 4.69) is 10.4 Å². The fraction of sp³-hybridized carbons (Fsp3) is 0.500. The second-order valence-corrected chi connectivity index (χ2v) is 7.45. The molecule has 1 atom stereocenters. The summed E-state index contributed by atoms with van der Waals surface area (Å²) < 4.78 is 28.7. The molecule has 2 aliphatic rings. The van der Waals surface area contributed by atoms with Gasteiger partial charge in [0.15, 0.2) is 5.69 Å². The Hall–Kier alpha value is -2.28. The average molecular weight is 374 g/mol. The molecule has 2 heterocycles. The summed E-state index contributed by atoms with van der Waals surface area (Å²) in [6, 6.07) is 3.78. The van der Waals surface area contributed by atoms with E-state index in [9.17, 15) is 13.6 Å². The molecular weight excluding hydrogens is 350 g/mol. The summed E-state index contributed by atoms with van der Waals surface area (Å²) in [4.78, 5) is 14.7. The molecule has 1 saturated heterocycles. The SMILES string of the molecule is Cn1nc(C(=O)N2CCCC2)c2c1CCC(NCc1ccc(F)cc1F)C2. The van der Waals surface area contributed by atoms with Crippen molar-refractivity contribution in [1.29, 1.82) is 0 Å². The first kappa shape index (κ1) is 18.1. The number of nitrogens with zero attached hydrogens (tertiary/aromatic N) is 3. The van der Waals surface area contributed by atoms with E-state index in [1.165, 1.54) is 12.1 Å². The Morgan fingerprint density at radius 2 is 2.07 bits per heavy atom. The maximum Gasteiger partial charge on any atom is 0.274 e. The van der Waals surface area contributed by atoms with Crippen molar-refractivity contribution in [1.82, 2.24) is 20.0 Å². The van der Waals surface area contributed by atoms with Crippen LogP contribution in [0.1, 0.15) is 46.6 Å². The Morgan fingerprint density at radius 3 is 2.81 bits per heavy atom. The molecule has 0 saturated carbocycles. The van der Waals surface area contributed by atoms with Gasteiger partial charge >= 0.3 is 0 Å². The molecule has 1 N–H and O–H groups in total. The molecule has 1 amide bonds. The Morgan fingerprint density at radius 1 is 1.30 bits per heavy atom. The van der Waals surface area contributed by atoms with Crippen LogP contribution in [0.3, 0.4) is 0 Å². The van der Waals surface area contributed by atoms with Crippen LogP contribution in [0.5, 0.6) is 0 Å². The highest BCUT2D eigenvalue weighted by molar-refractivity contribution is 5.94. The number of carbonyl (C=O) groups is 1. The molecule has 1 aliphatic carbocycles. The molecule has 1 fully saturated rings. The van der Waals surface area contributed by atoms with Gasteiger partial charge in [0.2, 0.25) is 0 Å². The second kappa shape index (κ2) is 7.38. The maximum absolute atomic E-state index is 13.8. The third-order valence-electron chi connectivity index (χ3n) is 5.65. The zero-order valence-corrected chi connectivity index (χ0v) is 15.5. The van der Waals surface area contributed by atoms with Crippen molar-refractivity contribution in [3.05, 3.63) is 52.3 Å². The van der Waals surface area contributed by atoms with Crippen LogP contribution in [-0.2, 0) is 26.4 Å². The molecule has 0 radical (unpaired) electrons. The molecule has 1 unspecified atom stereocenters. The van der Waals surface area contributed by atoms with Crippen molar-refractivity contribution in [2.45, 2.75) is 44.7 Å². The molecule has 144 valence electrons. The number of aromatic nitrogens is 2. The largest absolute Gasteiger partial charge is 0.337 e. The molecule has 0 spiro atoms. The van der Waals surface area contributed by atoms with Gasteiger partial charge in [-0.15, -0.1) is 0 Å². The fourth-order valence-electron chi connectivity index (χ4n) is 4.12. The van der Waals surface area contributed by atoms with Gasteiger partial charge in [-0.05, 0) is 38.2 Å². The van der Waals surface area contributed by atoms with Gasteiger partial charge in [0, 0.05) is 55.6 Å². The number of amides is 1. The zero-order chi connectivity index (χ0) is 19.0. The molecule has 4 rings (SSSR count). The number of halogens is 2. The van der Waals surface area contributed by atoms with E-state index in [1.807, 2.05) is 16.6 Å². The Kier molecular flexibility index (Phi) is 4.95. The molecule has 0 bridgehead atoms. The Labute approximate surface area is 157 Å². The second-order valence-electron chi connectivity index (χ2n) is 7.45. The molecule has 2 aromatic rings. The van der Waals surface area contributed by atoms with Gasteiger partial charge < -0.3 is 10.2 Å². The lowest BCUT2D eigenvalue weighted by Gasteiger charge is -2.25. The summed E-state index contributed by atoms with van der Waals surface area (Å²) in [5, 5.41) is 7.87. The molecule has 27 heavy (non-hydrogen) atoms. The first-order valence-electron chi connectivity index (χ1n) is 9.54. The number of hydrogen-bond donors (Lipinski definition) is 1. The van der Waals surface area contributed by atoms with Crippen molar-refractivity contribution in [2.24, 2.45) is 7.05 Å². The maximum atomic E-state index is 13.8. The Balaban J connectivity index is 1.48. The van der Waals surface area contributed by atoms with Crippen LogP contribution in [0, 0.1) is 11.6 Å². The van der Waals surface area contributed by atoms with Crippen molar-refractivity contribution in [2.75, 3.05) is 13.1 Å². The normalized spacial score (nSPS) is 19.4. The third kappa shape index (κ3) is 3.60. The van der Waals surface area contributed by atoms with Crippen LogP contribution in [0.2, 0.25) is 0 Å². The fourth-order valence-corrected chi connectivity index (χ4v) is 4.12. The van der Waals surface area contributed by atoms with Crippen LogP contribution < -0.4 is 5.32 Å². The van der Waals surface area contributed by atoms with Crippen molar-refractivity contribution in [3.8, 4) is 0 Å². The standard InChI is InChI=1S/C20H24F2N4O/c1-25-18-7-6-15(23-12-13-4-5-14(21)10-17(13)22)11-16(18)19(24-25)20(27)26-8-2-3-9-26/h4-5,10,15,23H,2-3,6-9,11-12H2,1H3. The number of aryl methyl sites for hydroxylation is 1. The van der Waals surface area contributed by atoms with Gasteiger partial charge in [0.25, 0.3) is 5.91 Å². The lowest BCUT2D eigenvalue weighted by atomic mass is 9.91. The number of fused-ring (bicyclic) bond motifs is 1. The summed E-state index contributed by atoms with van der Waals surface area (Å²) in [7, 11) is 1.89. The number of carbonyl (C=O) groups excluding carboxylic acids is 1. The predicted molar refractivity (Wildman–Crippen MR) is 97.4 cm³/mol. The van der Waals surface area contributed by atoms with E-state index in [-0.39, 0.29) is 11.9 Å². The number of hydrogen-bond acceptors (Lipinski definition) is 3. The molecular formula is C20H24F2N4O. The van der Waals surface area contributed by atoms with Crippen molar-refractivity contribution >= 4 is 5.91 Å². The van der Waals surface area contributed by atoms with E-state index in [0.29, 0.717) is 24.2 Å². The van der Waals surface area contributed by atoms with E-state index < -0.39 is 11.6 Å². The highest BCUT2D eigenvalue weighted by atomic mass is 19.1. The minimum Gasteiger partial charge on any atom is -0.337 e. The van der Waals surface area contributed by atoms with Gasteiger partial charge in [-0.25, -0.2) is 8.78 Å². The number of nitrogens with one attached hydrogen (secondary N) is 1. The predicted octanol–water partition coefficient (Wildman–Crippen LogP) is 2.58. The summed E-state index contributed by atoms with van der Waals surface area (Å²) in [5.74, 6) is -1.08. The Bertz CT molecular complexity index is 858. The first-order valence-corrected chi connectivity index (χ1v) is 9.54. The van der Waals surface area contributed by atoms with Crippen molar-refractivity contribution in [3.63, 3.8) is 0 Å². The first-order chi connectivity index (χ1) is 13.0. The summed E-state index contributed by atoms with van der Waals surface area (Å²) in [6.45, 7) is 1.94. The molecule has 1 aromatic heterocycles. The topological polar surface area (TPSA) is 50.2 Å². The number of likely N-dealkylation sites (tertiary alicyclic amines) is 1. The number of rotatable bonds is 4. The van der Waals surface area contributed by atoms with Crippen LogP contribution in [0.15, 0.2) is 18.2 Å². The van der Waals surface area contributed by atoms with E-state index >= 15 is 0 Å².